The second-order valence-corrected chi connectivity index (χ2v) is 9.81. The monoisotopic (exact) mass is 478 g/mol. The lowest BCUT2D eigenvalue weighted by Gasteiger charge is -2.15. The first-order valence-electron chi connectivity index (χ1n) is 9.72. The van der Waals surface area contributed by atoms with Gasteiger partial charge >= 0.3 is 0 Å². The van der Waals surface area contributed by atoms with Crippen molar-refractivity contribution in [1.82, 2.24) is 24.6 Å². The predicted molar refractivity (Wildman–Crippen MR) is 117 cm³/mol. The Bertz CT molecular complexity index is 1420. The molecule has 4 unspecified atom stereocenters. The van der Waals surface area contributed by atoms with Crippen LogP contribution in [0.5, 0.6) is 0 Å². The summed E-state index contributed by atoms with van der Waals surface area (Å²) >= 11 is 6.43. The normalized spacial score (nSPS) is 19.9. The fraction of sp³-hybridized carbons (Fsp3) is 0.300. The number of hydrogen-bond donors (Lipinski definition) is 2. The van der Waals surface area contributed by atoms with Gasteiger partial charge in [-0.2, -0.15) is 5.10 Å². The number of fused-ring (bicyclic) bond motifs is 2. The first-order chi connectivity index (χ1) is 15.3. The molecule has 8 nitrogen and oxygen atoms in total. The molecule has 5 rings (SSSR count). The molecule has 3 heterocycles. The lowest BCUT2D eigenvalue weighted by molar-refractivity contribution is -0.117. The molecule has 4 aromatic rings. The van der Waals surface area contributed by atoms with Gasteiger partial charge in [-0.15, -0.1) is 0 Å². The Balaban J connectivity index is 1.59. The highest BCUT2D eigenvalue weighted by atomic mass is 35.5. The number of amides is 1. The molecular weight excluding hydrogens is 462 g/mol. The Morgan fingerprint density at radius 2 is 2.16 bits per heavy atom. The molecule has 1 saturated carbocycles. The van der Waals surface area contributed by atoms with Crippen molar-refractivity contribution in [1.29, 1.82) is 0 Å². The van der Waals surface area contributed by atoms with E-state index in [-0.39, 0.29) is 22.8 Å². The van der Waals surface area contributed by atoms with Crippen molar-refractivity contribution >= 4 is 50.7 Å². The molecule has 12 heteroatoms. The lowest BCUT2D eigenvalue weighted by Crippen LogP contribution is -2.15. The maximum atomic E-state index is 15.3. The maximum absolute atomic E-state index is 15.3. The number of hydrogen-bond acceptors (Lipinski definition) is 5. The van der Waals surface area contributed by atoms with E-state index in [9.17, 15) is 13.4 Å². The summed E-state index contributed by atoms with van der Waals surface area (Å²) < 4.78 is 42.0. The third-order valence-electron chi connectivity index (χ3n) is 5.63. The predicted octanol–water partition coefficient (Wildman–Crippen LogP) is 3.80. The standard InChI is InChI=1S/C20H17ClF2N6O2S/c1-8(32(2)31)15-18(23)17(21)16(10-4-25-28-19(10)15)12-6-29-7-13(26-14(29)5-24-12)27-20(30)9-3-11(9)22/h4-9,11H,3H2,1-2H3,(H,25,28)(H,27,30). The van der Waals surface area contributed by atoms with Gasteiger partial charge in [0.25, 0.3) is 0 Å². The molecule has 166 valence electrons. The minimum atomic E-state index is -1.33. The van der Waals surface area contributed by atoms with Crippen molar-refractivity contribution in [3.8, 4) is 11.3 Å². The van der Waals surface area contributed by atoms with Gasteiger partial charge in [0.1, 0.15) is 12.0 Å². The van der Waals surface area contributed by atoms with Crippen LogP contribution in [0.1, 0.15) is 24.2 Å². The van der Waals surface area contributed by atoms with Crippen molar-refractivity contribution in [2.24, 2.45) is 5.92 Å². The summed E-state index contributed by atoms with van der Waals surface area (Å²) in [6, 6.07) is 0. The van der Waals surface area contributed by atoms with Gasteiger partial charge in [0, 0.05) is 39.8 Å². The molecule has 1 aromatic carbocycles. The van der Waals surface area contributed by atoms with Crippen LogP contribution in [0, 0.1) is 11.7 Å². The van der Waals surface area contributed by atoms with Crippen LogP contribution in [-0.4, -0.2) is 47.1 Å². The Hall–Kier alpha value is -2.92. The highest BCUT2D eigenvalue weighted by Gasteiger charge is 2.43. The number of aromatic nitrogens is 5. The van der Waals surface area contributed by atoms with E-state index < -0.39 is 39.9 Å². The van der Waals surface area contributed by atoms with Crippen molar-refractivity contribution < 1.29 is 17.8 Å². The molecule has 4 atom stereocenters. The smallest absolute Gasteiger partial charge is 0.231 e. The summed E-state index contributed by atoms with van der Waals surface area (Å²) in [5.74, 6) is -1.49. The summed E-state index contributed by atoms with van der Waals surface area (Å²) in [7, 11) is -1.33. The summed E-state index contributed by atoms with van der Waals surface area (Å²) in [4.78, 5) is 20.6. The molecule has 0 saturated heterocycles. The van der Waals surface area contributed by atoms with E-state index in [1.54, 1.807) is 23.7 Å². The number of aromatic amines is 1. The van der Waals surface area contributed by atoms with Crippen LogP contribution >= 0.6 is 11.6 Å². The summed E-state index contributed by atoms with van der Waals surface area (Å²) in [5, 5.41) is 9.17. The van der Waals surface area contributed by atoms with Gasteiger partial charge in [0.15, 0.2) is 11.5 Å². The van der Waals surface area contributed by atoms with Crippen LogP contribution in [0.3, 0.4) is 0 Å². The molecule has 3 aromatic heterocycles. The Kier molecular flexibility index (Phi) is 4.97. The third-order valence-corrected chi connectivity index (χ3v) is 7.22. The number of imidazole rings is 1. The molecule has 32 heavy (non-hydrogen) atoms. The van der Waals surface area contributed by atoms with Gasteiger partial charge in [-0.25, -0.2) is 13.8 Å². The highest BCUT2D eigenvalue weighted by molar-refractivity contribution is 7.84. The number of carbonyl (C=O) groups is 1. The van der Waals surface area contributed by atoms with Crippen LogP contribution in [0.25, 0.3) is 27.8 Å². The Morgan fingerprint density at radius 1 is 1.41 bits per heavy atom. The maximum Gasteiger partial charge on any atom is 0.231 e. The number of anilines is 1. The van der Waals surface area contributed by atoms with Crippen LogP contribution in [0.2, 0.25) is 5.02 Å². The molecule has 1 aliphatic carbocycles. The molecule has 0 aliphatic heterocycles. The van der Waals surface area contributed by atoms with E-state index in [4.69, 9.17) is 11.6 Å². The van der Waals surface area contributed by atoms with Gasteiger partial charge in [-0.05, 0) is 13.3 Å². The van der Waals surface area contributed by atoms with Crippen molar-refractivity contribution in [3.05, 3.63) is 41.2 Å². The summed E-state index contributed by atoms with van der Waals surface area (Å²) in [6.07, 6.45) is 6.73. The summed E-state index contributed by atoms with van der Waals surface area (Å²) in [5.41, 5.74) is 1.71. The number of alkyl halides is 1. The topological polar surface area (TPSA) is 105 Å². The fourth-order valence-corrected chi connectivity index (χ4v) is 4.53. The van der Waals surface area contributed by atoms with Crippen LogP contribution in [-0.2, 0) is 15.6 Å². The number of halogens is 3. The summed E-state index contributed by atoms with van der Waals surface area (Å²) in [6.45, 7) is 1.66. The van der Waals surface area contributed by atoms with Gasteiger partial charge in [-0.1, -0.05) is 11.6 Å². The first kappa shape index (κ1) is 21.0. The number of carbonyl (C=O) groups excluding carboxylic acids is 1. The van der Waals surface area contributed by atoms with E-state index >= 15 is 4.39 Å². The number of nitrogens with one attached hydrogen (secondary N) is 2. The van der Waals surface area contributed by atoms with Crippen LogP contribution in [0.15, 0.2) is 24.8 Å². The van der Waals surface area contributed by atoms with Gasteiger partial charge in [-0.3, -0.25) is 19.1 Å². The number of H-pyrrole nitrogens is 1. The van der Waals surface area contributed by atoms with Crippen molar-refractivity contribution in [2.75, 3.05) is 11.6 Å². The minimum absolute atomic E-state index is 0.158. The second kappa shape index (κ2) is 7.59. The average molecular weight is 479 g/mol. The zero-order chi connectivity index (χ0) is 22.7. The van der Waals surface area contributed by atoms with Crippen LogP contribution < -0.4 is 5.32 Å². The van der Waals surface area contributed by atoms with Gasteiger partial charge in [0.05, 0.1) is 46.0 Å². The quantitative estimate of drug-likeness (QED) is 0.454. The van der Waals surface area contributed by atoms with Crippen LogP contribution in [0.4, 0.5) is 14.6 Å². The van der Waals surface area contributed by atoms with E-state index in [0.717, 1.165) is 0 Å². The Labute approximate surface area is 187 Å². The largest absolute Gasteiger partial charge is 0.309 e. The lowest BCUT2D eigenvalue weighted by atomic mass is 10.0. The molecule has 1 fully saturated rings. The third kappa shape index (κ3) is 3.36. The van der Waals surface area contributed by atoms with Crippen molar-refractivity contribution in [2.45, 2.75) is 24.8 Å². The van der Waals surface area contributed by atoms with Gasteiger partial charge < -0.3 is 9.72 Å². The van der Waals surface area contributed by atoms with E-state index in [0.29, 0.717) is 27.8 Å². The second-order valence-electron chi connectivity index (χ2n) is 7.73. The number of rotatable bonds is 5. The molecule has 2 N–H and O–H groups in total. The SMILES string of the molecule is CC(c1c(F)c(Cl)c(-c2cn3cc(NC(=O)C4CC4F)nc3cn2)c2cn[nH]c12)S(C)=O. The molecule has 0 bridgehead atoms. The first-order valence-corrected chi connectivity index (χ1v) is 11.7. The highest BCUT2D eigenvalue weighted by Crippen LogP contribution is 2.41. The molecule has 0 radical (unpaired) electrons. The molecule has 1 amide bonds. The fourth-order valence-electron chi connectivity index (χ4n) is 3.68. The number of nitrogens with zero attached hydrogens (tertiary/aromatic N) is 4. The molecule has 0 spiro atoms. The molecule has 1 aliphatic rings. The zero-order valence-corrected chi connectivity index (χ0v) is 18.5. The minimum Gasteiger partial charge on any atom is -0.309 e. The van der Waals surface area contributed by atoms with E-state index in [2.05, 4.69) is 25.5 Å². The van der Waals surface area contributed by atoms with Crippen molar-refractivity contribution in [3.63, 3.8) is 0 Å². The van der Waals surface area contributed by atoms with E-state index in [1.807, 2.05) is 0 Å². The molecular formula is C20H17ClF2N6O2S. The van der Waals surface area contributed by atoms with E-state index in [1.165, 1.54) is 18.6 Å². The zero-order valence-electron chi connectivity index (χ0n) is 16.9. The van der Waals surface area contributed by atoms with Gasteiger partial charge in [0.2, 0.25) is 5.91 Å². The Morgan fingerprint density at radius 3 is 2.84 bits per heavy atom. The number of benzene rings is 1. The average Bonchev–Trinajstić information content (AvgIpc) is 3.11.